The highest BCUT2D eigenvalue weighted by Crippen LogP contribution is 2.29. The summed E-state index contributed by atoms with van der Waals surface area (Å²) in [5, 5.41) is 17.2. The Morgan fingerprint density at radius 1 is 1.09 bits per heavy atom. The summed E-state index contributed by atoms with van der Waals surface area (Å²) < 4.78 is 2.42. The number of nitrogens with one attached hydrogen (secondary N) is 2. The van der Waals surface area contributed by atoms with E-state index >= 15 is 0 Å². The van der Waals surface area contributed by atoms with Gasteiger partial charge in [0, 0.05) is 36.5 Å². The Bertz CT molecular complexity index is 1370. The van der Waals surface area contributed by atoms with Crippen LogP contribution in [0.15, 0.2) is 58.3 Å². The quantitative estimate of drug-likeness (QED) is 0.504. The van der Waals surface area contributed by atoms with Crippen LogP contribution in [0, 0.1) is 5.41 Å². The van der Waals surface area contributed by atoms with Gasteiger partial charge in [-0.1, -0.05) is 37.3 Å². The summed E-state index contributed by atoms with van der Waals surface area (Å²) in [4.78, 5) is 50.2. The molecule has 1 aromatic heterocycles. The third kappa shape index (κ3) is 4.38. The first-order valence-electron chi connectivity index (χ1n) is 11.3. The molecule has 2 heterocycles. The zero-order valence-electron chi connectivity index (χ0n) is 19.2. The molecule has 3 aromatic rings. The molecule has 9 nitrogen and oxygen atoms in total. The predicted molar refractivity (Wildman–Crippen MR) is 128 cm³/mol. The van der Waals surface area contributed by atoms with Crippen molar-refractivity contribution < 1.29 is 14.7 Å². The number of amides is 1. The summed E-state index contributed by atoms with van der Waals surface area (Å²) in [6.07, 6.45) is 2.77. The van der Waals surface area contributed by atoms with Crippen LogP contribution in [0.3, 0.4) is 0 Å². The van der Waals surface area contributed by atoms with E-state index in [0.29, 0.717) is 48.0 Å². The number of carboxylic acids is 1. The maximum Gasteiger partial charge on any atom is 0.335 e. The molecule has 178 valence electrons. The average Bonchev–Trinajstić information content (AvgIpc) is 2.82. The van der Waals surface area contributed by atoms with E-state index in [-0.39, 0.29) is 12.3 Å². The van der Waals surface area contributed by atoms with Crippen LogP contribution in [-0.2, 0) is 23.1 Å². The minimum absolute atomic E-state index is 0.0674. The molecule has 0 saturated carbocycles. The van der Waals surface area contributed by atoms with E-state index in [4.69, 9.17) is 0 Å². The van der Waals surface area contributed by atoms with Crippen LogP contribution < -0.4 is 21.9 Å². The summed E-state index contributed by atoms with van der Waals surface area (Å²) in [5.74, 6) is -1.38. The van der Waals surface area contributed by atoms with Crippen molar-refractivity contribution in [2.24, 2.45) is 12.5 Å². The fourth-order valence-electron chi connectivity index (χ4n) is 4.48. The molecule has 3 N–H and O–H groups in total. The third-order valence-corrected chi connectivity index (χ3v) is 6.67. The van der Waals surface area contributed by atoms with Crippen molar-refractivity contribution in [2.75, 3.05) is 13.1 Å². The molecular weight excluding hydrogens is 436 g/mol. The van der Waals surface area contributed by atoms with Gasteiger partial charge in [0.05, 0.1) is 5.69 Å². The van der Waals surface area contributed by atoms with Gasteiger partial charge < -0.3 is 20.3 Å². The Morgan fingerprint density at radius 3 is 2.47 bits per heavy atom. The smallest absolute Gasteiger partial charge is 0.335 e. The van der Waals surface area contributed by atoms with Crippen molar-refractivity contribution in [2.45, 2.75) is 32.2 Å². The minimum Gasteiger partial charge on any atom is -0.480 e. The number of carboxylic acid groups (broad SMARTS) is 1. The molecular formula is C25H28N4O5. The second-order valence-corrected chi connectivity index (χ2v) is 9.05. The molecule has 0 spiro atoms. The highest BCUT2D eigenvalue weighted by atomic mass is 16.4. The highest BCUT2D eigenvalue weighted by molar-refractivity contribution is 5.93. The van der Waals surface area contributed by atoms with Gasteiger partial charge in [-0.2, -0.15) is 0 Å². The topological polar surface area (TPSA) is 122 Å². The summed E-state index contributed by atoms with van der Waals surface area (Å²) in [6, 6.07) is 10.8. The van der Waals surface area contributed by atoms with Crippen LogP contribution in [0.25, 0.3) is 16.5 Å². The van der Waals surface area contributed by atoms with Gasteiger partial charge in [-0.25, -0.2) is 14.2 Å². The second kappa shape index (κ2) is 9.26. The lowest BCUT2D eigenvalue weighted by atomic mass is 9.80. The molecule has 1 atom stereocenters. The number of carbonyl (C=O) groups is 2. The number of rotatable bonds is 6. The van der Waals surface area contributed by atoms with Crippen molar-refractivity contribution in [3.05, 3.63) is 75.1 Å². The van der Waals surface area contributed by atoms with E-state index in [1.807, 2.05) is 13.0 Å². The van der Waals surface area contributed by atoms with Gasteiger partial charge in [-0.3, -0.25) is 9.59 Å². The van der Waals surface area contributed by atoms with Crippen molar-refractivity contribution in [3.8, 4) is 5.69 Å². The number of carbonyl (C=O) groups excluding carboxylic acids is 1. The number of aliphatic carboxylic acids is 1. The number of aryl methyl sites for hydroxylation is 1. The first-order valence-corrected chi connectivity index (χ1v) is 11.3. The van der Waals surface area contributed by atoms with Crippen LogP contribution in [0.1, 0.15) is 25.3 Å². The minimum atomic E-state index is -1.12. The maximum absolute atomic E-state index is 13.0. The van der Waals surface area contributed by atoms with Crippen molar-refractivity contribution in [1.29, 1.82) is 0 Å². The molecule has 1 aliphatic rings. The SMILES string of the molecule is Cn1ccc(=O)n(-c2cccc3c(C[C@H](NC(=O)C4(C)CCNCC4)C(=O)O)cccc23)c1=O. The Balaban J connectivity index is 1.71. The van der Waals surface area contributed by atoms with Gasteiger partial charge in [0.1, 0.15) is 6.04 Å². The molecule has 1 fully saturated rings. The van der Waals surface area contributed by atoms with Crippen LogP contribution in [0.2, 0.25) is 0 Å². The van der Waals surface area contributed by atoms with Crippen LogP contribution in [0.4, 0.5) is 0 Å². The lowest BCUT2D eigenvalue weighted by Gasteiger charge is -2.33. The molecule has 4 rings (SSSR count). The largest absolute Gasteiger partial charge is 0.480 e. The first kappa shape index (κ1) is 23.4. The van der Waals surface area contributed by atoms with E-state index < -0.39 is 28.7 Å². The first-order chi connectivity index (χ1) is 16.2. The zero-order valence-corrected chi connectivity index (χ0v) is 19.2. The molecule has 0 radical (unpaired) electrons. The van der Waals surface area contributed by atoms with E-state index in [9.17, 15) is 24.3 Å². The van der Waals surface area contributed by atoms with Gasteiger partial charge in [0.15, 0.2) is 0 Å². The van der Waals surface area contributed by atoms with Crippen molar-refractivity contribution in [3.63, 3.8) is 0 Å². The lowest BCUT2D eigenvalue weighted by Crippen LogP contribution is -2.51. The second-order valence-electron chi connectivity index (χ2n) is 9.05. The molecule has 0 bridgehead atoms. The normalized spacial score (nSPS) is 16.2. The number of aromatic nitrogens is 2. The number of hydrogen-bond donors (Lipinski definition) is 3. The van der Waals surface area contributed by atoms with Gasteiger partial charge in [0.2, 0.25) is 5.91 Å². The summed E-state index contributed by atoms with van der Waals surface area (Å²) in [5.41, 5.74) is -0.422. The summed E-state index contributed by atoms with van der Waals surface area (Å²) >= 11 is 0. The molecule has 1 amide bonds. The third-order valence-electron chi connectivity index (χ3n) is 6.67. The number of fused-ring (bicyclic) bond motifs is 1. The number of nitrogens with zero attached hydrogens (tertiary/aromatic N) is 2. The number of piperidine rings is 1. The molecule has 34 heavy (non-hydrogen) atoms. The average molecular weight is 465 g/mol. The summed E-state index contributed by atoms with van der Waals surface area (Å²) in [6.45, 7) is 3.29. The fourth-order valence-corrected chi connectivity index (χ4v) is 4.48. The van der Waals surface area contributed by atoms with Crippen LogP contribution in [0.5, 0.6) is 0 Å². The lowest BCUT2D eigenvalue weighted by molar-refractivity contribution is -0.144. The zero-order chi connectivity index (χ0) is 24.5. The van der Waals surface area contributed by atoms with Gasteiger partial charge in [-0.15, -0.1) is 0 Å². The summed E-state index contributed by atoms with van der Waals surface area (Å²) in [7, 11) is 1.57. The van der Waals surface area contributed by atoms with E-state index in [0.717, 1.165) is 4.57 Å². The molecule has 0 unspecified atom stereocenters. The van der Waals surface area contributed by atoms with Crippen LogP contribution >= 0.6 is 0 Å². The maximum atomic E-state index is 13.0. The fraction of sp³-hybridized carbons (Fsp3) is 0.360. The van der Waals surface area contributed by atoms with E-state index in [1.54, 1.807) is 37.4 Å². The van der Waals surface area contributed by atoms with Crippen molar-refractivity contribution >= 4 is 22.6 Å². The monoisotopic (exact) mass is 464 g/mol. The standard InChI is InChI=1S/C25H28N4O5/c1-25(10-12-26-13-11-25)23(33)27-19(22(31)32)15-16-5-3-7-18-17(16)6-4-8-20(18)29-21(30)9-14-28(2)24(29)34/h3-9,14,19,26H,10-13,15H2,1-2H3,(H,27,33)(H,31,32)/t19-/m0/s1. The molecule has 9 heteroatoms. The molecule has 2 aromatic carbocycles. The predicted octanol–water partition coefficient (Wildman–Crippen LogP) is 1.19. The van der Waals surface area contributed by atoms with Gasteiger partial charge in [0.25, 0.3) is 5.56 Å². The Kier molecular flexibility index (Phi) is 6.39. The van der Waals surface area contributed by atoms with Crippen LogP contribution in [-0.4, -0.2) is 45.2 Å². The molecule has 1 saturated heterocycles. The van der Waals surface area contributed by atoms with Crippen molar-refractivity contribution in [1.82, 2.24) is 19.8 Å². The number of benzene rings is 2. The Morgan fingerprint density at radius 2 is 1.76 bits per heavy atom. The number of hydrogen-bond acceptors (Lipinski definition) is 5. The van der Waals surface area contributed by atoms with Gasteiger partial charge >= 0.3 is 11.7 Å². The Hall–Kier alpha value is -3.72. The van der Waals surface area contributed by atoms with E-state index in [2.05, 4.69) is 10.6 Å². The molecule has 1 aliphatic heterocycles. The highest BCUT2D eigenvalue weighted by Gasteiger charge is 2.36. The van der Waals surface area contributed by atoms with E-state index in [1.165, 1.54) is 16.8 Å². The Labute approximate surface area is 196 Å². The molecule has 0 aliphatic carbocycles. The van der Waals surface area contributed by atoms with Gasteiger partial charge in [-0.05, 0) is 42.9 Å².